The number of rotatable bonds is 0. The van der Waals surface area contributed by atoms with Crippen LogP contribution in [0.4, 0.5) is 0 Å². The lowest BCUT2D eigenvalue weighted by atomic mass is 9.90. The first-order valence-electron chi connectivity index (χ1n) is 10.0. The van der Waals surface area contributed by atoms with E-state index in [1.807, 2.05) is 24.3 Å². The Bertz CT molecular complexity index is 1520. The van der Waals surface area contributed by atoms with E-state index in [0.717, 1.165) is 11.0 Å². The highest BCUT2D eigenvalue weighted by Gasteiger charge is 2.11. The van der Waals surface area contributed by atoms with E-state index in [-0.39, 0.29) is 5.69 Å². The zero-order valence-corrected chi connectivity index (χ0v) is 16.1. The van der Waals surface area contributed by atoms with E-state index in [2.05, 4.69) is 82.8 Å². The van der Waals surface area contributed by atoms with Crippen LogP contribution in [0.3, 0.4) is 0 Å². The zero-order chi connectivity index (χ0) is 20.1. The van der Waals surface area contributed by atoms with Crippen molar-refractivity contribution in [3.05, 3.63) is 108 Å². The summed E-state index contributed by atoms with van der Waals surface area (Å²) in [7, 11) is 0. The van der Waals surface area contributed by atoms with Crippen molar-refractivity contribution in [2.45, 2.75) is 0 Å². The fourth-order valence-corrected chi connectivity index (χ4v) is 4.56. The third kappa shape index (κ3) is 2.49. The van der Waals surface area contributed by atoms with Crippen molar-refractivity contribution in [2.24, 2.45) is 0 Å². The molecule has 0 fully saturated rings. The molecular formula is C27H18N2O. The van der Waals surface area contributed by atoms with Gasteiger partial charge in [0.1, 0.15) is 0 Å². The van der Waals surface area contributed by atoms with Crippen LogP contribution >= 0.6 is 0 Å². The molecule has 7 rings (SSSR count). The number of hydrogen-bond donors (Lipinski definition) is 2. The molecule has 3 nitrogen and oxygen atoms in total. The maximum Gasteiger partial charge on any atom is 0.323 e. The predicted molar refractivity (Wildman–Crippen MR) is 127 cm³/mol. The van der Waals surface area contributed by atoms with Crippen molar-refractivity contribution in [2.75, 3.05) is 0 Å². The molecule has 0 atom stereocenters. The van der Waals surface area contributed by atoms with E-state index in [9.17, 15) is 4.79 Å². The van der Waals surface area contributed by atoms with Gasteiger partial charge in [-0.2, -0.15) is 0 Å². The quantitative estimate of drug-likeness (QED) is 0.224. The number of H-pyrrole nitrogens is 2. The summed E-state index contributed by atoms with van der Waals surface area (Å²) < 4.78 is 0. The van der Waals surface area contributed by atoms with Gasteiger partial charge in [0.25, 0.3) is 0 Å². The van der Waals surface area contributed by atoms with E-state index in [1.54, 1.807) is 0 Å². The SMILES string of the molecule is O=c1[nH]c2ccccc2[nH]1.c1cc2cccc3c4cccc5cccc(c(c1)c23)c54. The molecule has 0 radical (unpaired) electrons. The van der Waals surface area contributed by atoms with E-state index in [0.29, 0.717) is 0 Å². The Hall–Kier alpha value is -4.11. The van der Waals surface area contributed by atoms with Gasteiger partial charge in [-0.1, -0.05) is 84.9 Å². The fourth-order valence-electron chi connectivity index (χ4n) is 4.56. The minimum atomic E-state index is -0.152. The van der Waals surface area contributed by atoms with Crippen molar-refractivity contribution in [3.8, 4) is 0 Å². The monoisotopic (exact) mass is 386 g/mol. The second-order valence-electron chi connectivity index (χ2n) is 7.54. The molecule has 7 aromatic rings. The Morgan fingerprint density at radius 1 is 0.433 bits per heavy atom. The van der Waals surface area contributed by atoms with Gasteiger partial charge in [0.2, 0.25) is 0 Å². The van der Waals surface area contributed by atoms with Gasteiger partial charge in [-0.15, -0.1) is 0 Å². The standard InChI is InChI=1S/C20H12.C7H6N2O/c1-5-13-6-2-11-17-18-12-4-8-14-7-3-10-16(20(14)18)15(9-1)19(13)17;10-7-8-5-3-1-2-4-6(5)9-7/h1-12H;1-4H,(H2,8,9,10). The van der Waals surface area contributed by atoms with Crippen molar-refractivity contribution in [3.63, 3.8) is 0 Å². The Kier molecular flexibility index (Phi) is 3.62. The van der Waals surface area contributed by atoms with Crippen molar-refractivity contribution >= 4 is 54.1 Å². The van der Waals surface area contributed by atoms with Gasteiger partial charge in [-0.3, -0.25) is 0 Å². The summed E-state index contributed by atoms with van der Waals surface area (Å²) in [5.74, 6) is 0. The van der Waals surface area contributed by atoms with E-state index < -0.39 is 0 Å². The first kappa shape index (κ1) is 16.8. The van der Waals surface area contributed by atoms with Gasteiger partial charge >= 0.3 is 5.69 Å². The average molecular weight is 386 g/mol. The third-order valence-corrected chi connectivity index (χ3v) is 5.81. The lowest BCUT2D eigenvalue weighted by Crippen LogP contribution is -1.99. The van der Waals surface area contributed by atoms with Crippen molar-refractivity contribution in [1.29, 1.82) is 0 Å². The number of benzene rings is 6. The van der Waals surface area contributed by atoms with Gasteiger partial charge in [0.05, 0.1) is 11.0 Å². The Balaban J connectivity index is 0.000000147. The number of aromatic amines is 2. The summed E-state index contributed by atoms with van der Waals surface area (Å²) in [5, 5.41) is 10.9. The number of hydrogen-bond acceptors (Lipinski definition) is 1. The van der Waals surface area contributed by atoms with Crippen LogP contribution in [0.1, 0.15) is 0 Å². The Morgan fingerprint density at radius 2 is 0.800 bits per heavy atom. The fraction of sp³-hybridized carbons (Fsp3) is 0. The second-order valence-corrected chi connectivity index (χ2v) is 7.54. The third-order valence-electron chi connectivity index (χ3n) is 5.81. The molecule has 0 spiro atoms. The molecule has 0 bridgehead atoms. The first-order valence-corrected chi connectivity index (χ1v) is 10.0. The van der Waals surface area contributed by atoms with Crippen LogP contribution in [-0.2, 0) is 0 Å². The number of para-hydroxylation sites is 2. The molecule has 0 saturated carbocycles. The summed E-state index contributed by atoms with van der Waals surface area (Å²) in [6, 6.07) is 33.9. The molecule has 1 heterocycles. The van der Waals surface area contributed by atoms with Crippen molar-refractivity contribution < 1.29 is 0 Å². The molecule has 0 amide bonds. The molecule has 0 aliphatic rings. The molecule has 0 unspecified atom stereocenters. The van der Waals surface area contributed by atoms with Crippen LogP contribution < -0.4 is 5.69 Å². The molecule has 6 aromatic carbocycles. The van der Waals surface area contributed by atoms with E-state index in [1.165, 1.54) is 43.1 Å². The number of fused-ring (bicyclic) bond motifs is 3. The lowest BCUT2D eigenvalue weighted by molar-refractivity contribution is 1.22. The number of aromatic nitrogens is 2. The molecule has 0 saturated heterocycles. The summed E-state index contributed by atoms with van der Waals surface area (Å²) in [4.78, 5) is 16.0. The van der Waals surface area contributed by atoms with Gasteiger partial charge in [-0.25, -0.2) is 4.79 Å². The highest BCUT2D eigenvalue weighted by Crippen LogP contribution is 2.39. The minimum absolute atomic E-state index is 0.152. The van der Waals surface area contributed by atoms with Gasteiger partial charge in [-0.05, 0) is 55.2 Å². The first-order chi connectivity index (χ1) is 14.8. The molecule has 1 aromatic heterocycles. The predicted octanol–water partition coefficient (Wildman–Crippen LogP) is 6.59. The summed E-state index contributed by atoms with van der Waals surface area (Å²) in [6.07, 6.45) is 0. The maximum atomic E-state index is 10.7. The van der Waals surface area contributed by atoms with Crippen LogP contribution in [0.25, 0.3) is 54.1 Å². The van der Waals surface area contributed by atoms with Crippen LogP contribution in [0, 0.1) is 0 Å². The summed E-state index contributed by atoms with van der Waals surface area (Å²) in [6.45, 7) is 0. The molecule has 2 N–H and O–H groups in total. The maximum absolute atomic E-state index is 10.7. The number of imidazole rings is 1. The van der Waals surface area contributed by atoms with E-state index in [4.69, 9.17) is 0 Å². The second kappa shape index (κ2) is 6.46. The Labute approximate surface area is 171 Å². The summed E-state index contributed by atoms with van der Waals surface area (Å²) in [5.41, 5.74) is 1.56. The van der Waals surface area contributed by atoms with Crippen LogP contribution in [0.15, 0.2) is 102 Å². The topological polar surface area (TPSA) is 48.6 Å². The van der Waals surface area contributed by atoms with Crippen LogP contribution in [0.2, 0.25) is 0 Å². The van der Waals surface area contributed by atoms with Crippen molar-refractivity contribution in [1.82, 2.24) is 9.97 Å². The normalized spacial score (nSPS) is 11.5. The highest BCUT2D eigenvalue weighted by molar-refractivity contribution is 6.32. The van der Waals surface area contributed by atoms with Gasteiger partial charge in [0, 0.05) is 0 Å². The van der Waals surface area contributed by atoms with Gasteiger partial charge < -0.3 is 9.97 Å². The van der Waals surface area contributed by atoms with Crippen LogP contribution in [0.5, 0.6) is 0 Å². The van der Waals surface area contributed by atoms with Gasteiger partial charge in [0.15, 0.2) is 0 Å². The molecular weight excluding hydrogens is 368 g/mol. The number of nitrogens with one attached hydrogen (secondary N) is 2. The molecule has 0 aliphatic heterocycles. The molecule has 0 aliphatic carbocycles. The minimum Gasteiger partial charge on any atom is -0.306 e. The average Bonchev–Trinajstić information content (AvgIpc) is 3.18. The largest absolute Gasteiger partial charge is 0.323 e. The zero-order valence-electron chi connectivity index (χ0n) is 16.1. The molecule has 3 heteroatoms. The smallest absolute Gasteiger partial charge is 0.306 e. The lowest BCUT2D eigenvalue weighted by Gasteiger charge is -2.13. The molecule has 142 valence electrons. The molecule has 30 heavy (non-hydrogen) atoms. The van der Waals surface area contributed by atoms with Crippen LogP contribution in [-0.4, -0.2) is 9.97 Å². The van der Waals surface area contributed by atoms with E-state index >= 15 is 0 Å². The Morgan fingerprint density at radius 3 is 1.17 bits per heavy atom. The summed E-state index contributed by atoms with van der Waals surface area (Å²) >= 11 is 0. The highest BCUT2D eigenvalue weighted by atomic mass is 16.1.